The summed E-state index contributed by atoms with van der Waals surface area (Å²) in [5, 5.41) is 0.0475. The quantitative estimate of drug-likeness (QED) is 0.807. The van der Waals surface area contributed by atoms with E-state index in [1.54, 1.807) is 6.07 Å². The smallest absolute Gasteiger partial charge is 0.243 e. The van der Waals surface area contributed by atoms with E-state index in [9.17, 15) is 8.42 Å². The molecule has 19 heavy (non-hydrogen) atoms. The van der Waals surface area contributed by atoms with Crippen molar-refractivity contribution in [2.45, 2.75) is 38.0 Å². The Balaban J connectivity index is 2.22. The molecule has 1 fully saturated rings. The number of hydrogen-bond donors (Lipinski definition) is 0. The summed E-state index contributed by atoms with van der Waals surface area (Å²) in [7, 11) is -3.51. The highest BCUT2D eigenvalue weighted by atomic mass is 35.5. The molecule has 0 aliphatic carbocycles. The predicted molar refractivity (Wildman–Crippen MR) is 75.6 cm³/mol. The molecule has 2 heterocycles. The lowest BCUT2D eigenvalue weighted by Gasteiger charge is -2.38. The van der Waals surface area contributed by atoms with E-state index in [-0.39, 0.29) is 15.5 Å². The van der Waals surface area contributed by atoms with Crippen LogP contribution in [-0.2, 0) is 10.0 Å². The second kappa shape index (κ2) is 5.38. The van der Waals surface area contributed by atoms with Crippen molar-refractivity contribution in [3.63, 3.8) is 0 Å². The Bertz CT molecular complexity index is 552. The molecule has 0 N–H and O–H groups in total. The summed E-state index contributed by atoms with van der Waals surface area (Å²) in [6.45, 7) is 5.48. The molecule has 0 spiro atoms. The van der Waals surface area contributed by atoms with Crippen LogP contribution in [0, 0.1) is 5.41 Å². The molecule has 0 saturated carbocycles. The van der Waals surface area contributed by atoms with Crippen LogP contribution < -0.4 is 0 Å². The molecule has 1 aliphatic rings. The van der Waals surface area contributed by atoms with Crippen molar-refractivity contribution in [1.82, 2.24) is 9.29 Å². The first-order chi connectivity index (χ1) is 8.89. The predicted octanol–water partition coefficient (Wildman–Crippen LogP) is 2.94. The van der Waals surface area contributed by atoms with Crippen LogP contribution in [0.3, 0.4) is 0 Å². The molecule has 1 saturated heterocycles. The van der Waals surface area contributed by atoms with Gasteiger partial charge in [-0.1, -0.05) is 31.9 Å². The number of piperidine rings is 1. The standard InChI is InChI=1S/C13H19ClN2O2S/c1-3-13(2)6-9-16(10-7-13)19(17,18)11-5-4-8-15-12(11)14/h4-5,8H,3,6-7,9-10H2,1-2H3. The first-order valence-electron chi connectivity index (χ1n) is 6.50. The lowest BCUT2D eigenvalue weighted by Crippen LogP contribution is -2.41. The summed E-state index contributed by atoms with van der Waals surface area (Å²) in [4.78, 5) is 3.95. The van der Waals surface area contributed by atoms with E-state index in [0.717, 1.165) is 19.3 Å². The summed E-state index contributed by atoms with van der Waals surface area (Å²) in [5.74, 6) is 0. The normalized spacial score (nSPS) is 20.4. The summed E-state index contributed by atoms with van der Waals surface area (Å²) in [6, 6.07) is 3.11. The van der Waals surface area contributed by atoms with Crippen LogP contribution in [0.15, 0.2) is 23.2 Å². The number of nitrogens with zero attached hydrogens (tertiary/aromatic N) is 2. The molecular formula is C13H19ClN2O2S. The first-order valence-corrected chi connectivity index (χ1v) is 8.31. The monoisotopic (exact) mass is 302 g/mol. The van der Waals surface area contributed by atoms with Crippen molar-refractivity contribution in [2.75, 3.05) is 13.1 Å². The van der Waals surface area contributed by atoms with Gasteiger partial charge in [0.25, 0.3) is 0 Å². The molecule has 0 amide bonds. The first kappa shape index (κ1) is 14.8. The van der Waals surface area contributed by atoms with E-state index in [4.69, 9.17) is 11.6 Å². The van der Waals surface area contributed by atoms with Crippen molar-refractivity contribution in [3.05, 3.63) is 23.5 Å². The highest BCUT2D eigenvalue weighted by Gasteiger charge is 2.35. The fraction of sp³-hybridized carbons (Fsp3) is 0.615. The summed E-state index contributed by atoms with van der Waals surface area (Å²) < 4.78 is 26.5. The molecule has 0 unspecified atom stereocenters. The topological polar surface area (TPSA) is 50.3 Å². The number of pyridine rings is 1. The van der Waals surface area contributed by atoms with Crippen molar-refractivity contribution in [3.8, 4) is 0 Å². The molecular weight excluding hydrogens is 284 g/mol. The summed E-state index contributed by atoms with van der Waals surface area (Å²) in [6.07, 6.45) is 4.35. The molecule has 0 atom stereocenters. The second-order valence-corrected chi connectivity index (χ2v) is 7.63. The minimum Gasteiger partial charge on any atom is -0.243 e. The van der Waals surface area contributed by atoms with Gasteiger partial charge in [-0.25, -0.2) is 13.4 Å². The van der Waals surface area contributed by atoms with Crippen LogP contribution in [0.25, 0.3) is 0 Å². The highest BCUT2D eigenvalue weighted by Crippen LogP contribution is 2.36. The molecule has 1 aromatic heterocycles. The largest absolute Gasteiger partial charge is 0.246 e. The zero-order valence-corrected chi connectivity index (χ0v) is 12.8. The average molecular weight is 303 g/mol. The van der Waals surface area contributed by atoms with Crippen LogP contribution in [0.1, 0.15) is 33.1 Å². The Morgan fingerprint density at radius 2 is 2.05 bits per heavy atom. The number of aromatic nitrogens is 1. The molecule has 4 nitrogen and oxygen atoms in total. The molecule has 1 aromatic rings. The fourth-order valence-corrected chi connectivity index (χ4v) is 4.19. The molecule has 6 heteroatoms. The number of sulfonamides is 1. The Hall–Kier alpha value is -0.650. The van der Waals surface area contributed by atoms with Gasteiger partial charge in [0.2, 0.25) is 10.0 Å². The van der Waals surface area contributed by atoms with E-state index in [1.807, 2.05) is 0 Å². The van der Waals surface area contributed by atoms with Gasteiger partial charge in [-0.05, 0) is 30.4 Å². The van der Waals surface area contributed by atoms with Gasteiger partial charge in [-0.2, -0.15) is 4.31 Å². The zero-order chi connectivity index (χ0) is 14.1. The minimum absolute atomic E-state index is 0.0475. The van der Waals surface area contributed by atoms with E-state index < -0.39 is 10.0 Å². The van der Waals surface area contributed by atoms with Crippen LogP contribution >= 0.6 is 11.6 Å². The number of rotatable bonds is 3. The van der Waals surface area contributed by atoms with Crippen molar-refractivity contribution < 1.29 is 8.42 Å². The molecule has 0 bridgehead atoms. The van der Waals surface area contributed by atoms with Gasteiger partial charge in [-0.3, -0.25) is 0 Å². The van der Waals surface area contributed by atoms with E-state index in [2.05, 4.69) is 18.8 Å². The Morgan fingerprint density at radius 1 is 1.42 bits per heavy atom. The molecule has 0 aromatic carbocycles. The fourth-order valence-electron chi connectivity index (χ4n) is 2.32. The lowest BCUT2D eigenvalue weighted by atomic mass is 9.79. The maximum Gasteiger partial charge on any atom is 0.246 e. The minimum atomic E-state index is -3.51. The van der Waals surface area contributed by atoms with Crippen molar-refractivity contribution >= 4 is 21.6 Å². The second-order valence-electron chi connectivity index (χ2n) is 5.36. The molecule has 1 aliphatic heterocycles. The highest BCUT2D eigenvalue weighted by molar-refractivity contribution is 7.89. The third-order valence-corrected chi connectivity index (χ3v) is 6.47. The zero-order valence-electron chi connectivity index (χ0n) is 11.3. The van der Waals surface area contributed by atoms with E-state index >= 15 is 0 Å². The van der Waals surface area contributed by atoms with E-state index in [1.165, 1.54) is 16.6 Å². The summed E-state index contributed by atoms with van der Waals surface area (Å²) in [5.41, 5.74) is 0.255. The van der Waals surface area contributed by atoms with Crippen LogP contribution in [-0.4, -0.2) is 30.8 Å². The van der Waals surface area contributed by atoms with Gasteiger partial charge in [0, 0.05) is 19.3 Å². The third kappa shape index (κ3) is 2.93. The molecule has 106 valence electrons. The van der Waals surface area contributed by atoms with Gasteiger partial charge in [0.05, 0.1) is 0 Å². The molecule has 0 radical (unpaired) electrons. The summed E-state index contributed by atoms with van der Waals surface area (Å²) >= 11 is 5.89. The maximum absolute atomic E-state index is 12.5. The van der Waals surface area contributed by atoms with Gasteiger partial charge < -0.3 is 0 Å². The van der Waals surface area contributed by atoms with Gasteiger partial charge in [0.1, 0.15) is 10.0 Å². The van der Waals surface area contributed by atoms with Crippen LogP contribution in [0.5, 0.6) is 0 Å². The van der Waals surface area contributed by atoms with Gasteiger partial charge in [-0.15, -0.1) is 0 Å². The van der Waals surface area contributed by atoms with Crippen LogP contribution in [0.2, 0.25) is 5.15 Å². The third-order valence-electron chi connectivity index (χ3n) is 4.13. The Kier molecular flexibility index (Phi) is 4.18. The Morgan fingerprint density at radius 3 is 2.58 bits per heavy atom. The van der Waals surface area contributed by atoms with E-state index in [0.29, 0.717) is 13.1 Å². The van der Waals surface area contributed by atoms with Gasteiger partial charge >= 0.3 is 0 Å². The van der Waals surface area contributed by atoms with Crippen molar-refractivity contribution in [1.29, 1.82) is 0 Å². The Labute approximate surface area is 119 Å². The SMILES string of the molecule is CCC1(C)CCN(S(=O)(=O)c2cccnc2Cl)CC1. The number of hydrogen-bond acceptors (Lipinski definition) is 3. The van der Waals surface area contributed by atoms with Crippen molar-refractivity contribution in [2.24, 2.45) is 5.41 Å². The van der Waals surface area contributed by atoms with Crippen LogP contribution in [0.4, 0.5) is 0 Å². The maximum atomic E-state index is 12.5. The molecule has 2 rings (SSSR count). The van der Waals surface area contributed by atoms with Gasteiger partial charge in [0.15, 0.2) is 0 Å². The average Bonchev–Trinajstić information content (AvgIpc) is 2.39. The number of halogens is 1. The lowest BCUT2D eigenvalue weighted by molar-refractivity contribution is 0.169.